The number of carbonyl (C=O) groups is 1. The molecule has 0 aromatic carbocycles. The Morgan fingerprint density at radius 3 is 2.93 bits per heavy atom. The van der Waals surface area contributed by atoms with Crippen LogP contribution in [-0.4, -0.2) is 29.1 Å². The topological polar surface area (TPSA) is 62.2 Å². The summed E-state index contributed by atoms with van der Waals surface area (Å²) in [6, 6.07) is 1.11. The van der Waals surface area contributed by atoms with Gasteiger partial charge in [0.05, 0.1) is 5.02 Å². The van der Waals surface area contributed by atoms with Gasteiger partial charge in [0.15, 0.2) is 0 Å². The predicted octanol–water partition coefficient (Wildman–Crippen LogP) is 0.950. The second kappa shape index (κ2) is 4.93. The fourth-order valence-corrected chi connectivity index (χ4v) is 1.31. The van der Waals surface area contributed by atoms with Crippen LogP contribution >= 0.6 is 11.6 Å². The summed E-state index contributed by atoms with van der Waals surface area (Å²) in [6.07, 6.45) is 3.50. The highest BCUT2D eigenvalue weighted by Crippen LogP contribution is 2.10. The van der Waals surface area contributed by atoms with Gasteiger partial charge in [0.25, 0.3) is 0 Å². The monoisotopic (exact) mass is 214 g/mol. The molecule has 0 aliphatic carbocycles. The van der Waals surface area contributed by atoms with Crippen molar-refractivity contribution in [3.8, 4) is 0 Å². The second-order valence-corrected chi connectivity index (χ2v) is 3.33. The smallest absolute Gasteiger partial charge is 0.321 e. The Kier molecular flexibility index (Phi) is 3.85. The van der Waals surface area contributed by atoms with E-state index < -0.39 is 12.0 Å². The summed E-state index contributed by atoms with van der Waals surface area (Å²) in [5.74, 6) is -0.882. The number of halogens is 1. The number of rotatable bonds is 4. The quantitative estimate of drug-likeness (QED) is 0.784. The lowest BCUT2D eigenvalue weighted by Crippen LogP contribution is -2.35. The van der Waals surface area contributed by atoms with Gasteiger partial charge in [0.2, 0.25) is 0 Å². The number of pyridine rings is 1. The molecule has 76 valence electrons. The SMILES string of the molecule is CNC(Cc1cncc(Cl)c1)C(=O)O. The first-order valence-corrected chi connectivity index (χ1v) is 4.50. The molecule has 1 rings (SSSR count). The Bertz CT molecular complexity index is 330. The van der Waals surface area contributed by atoms with Crippen LogP contribution in [-0.2, 0) is 11.2 Å². The van der Waals surface area contributed by atoms with E-state index in [-0.39, 0.29) is 0 Å². The molecule has 1 aromatic heterocycles. The van der Waals surface area contributed by atoms with Gasteiger partial charge in [0.1, 0.15) is 6.04 Å². The molecule has 0 amide bonds. The molecule has 0 saturated heterocycles. The molecule has 0 spiro atoms. The maximum atomic E-state index is 10.7. The summed E-state index contributed by atoms with van der Waals surface area (Å²) < 4.78 is 0. The van der Waals surface area contributed by atoms with E-state index in [1.807, 2.05) is 0 Å². The van der Waals surface area contributed by atoms with Crippen molar-refractivity contribution in [1.82, 2.24) is 10.3 Å². The summed E-state index contributed by atoms with van der Waals surface area (Å²) in [5, 5.41) is 12.0. The standard InChI is InChI=1S/C9H11ClN2O2/c1-11-8(9(13)14)3-6-2-7(10)5-12-4-6/h2,4-5,8,11H,3H2,1H3,(H,13,14). The Morgan fingerprint density at radius 1 is 1.71 bits per heavy atom. The number of aromatic nitrogens is 1. The van der Waals surface area contributed by atoms with Crippen LogP contribution in [0.25, 0.3) is 0 Å². The van der Waals surface area contributed by atoms with Gasteiger partial charge in [-0.1, -0.05) is 11.6 Å². The minimum absolute atomic E-state index is 0.374. The number of nitrogens with one attached hydrogen (secondary N) is 1. The normalized spacial score (nSPS) is 12.4. The number of hydrogen-bond donors (Lipinski definition) is 2. The van der Waals surface area contributed by atoms with Crippen molar-refractivity contribution in [2.45, 2.75) is 12.5 Å². The van der Waals surface area contributed by atoms with Gasteiger partial charge in [-0.05, 0) is 25.1 Å². The highest BCUT2D eigenvalue weighted by molar-refractivity contribution is 6.30. The molecule has 1 atom stereocenters. The molecule has 0 aliphatic rings. The van der Waals surface area contributed by atoms with Gasteiger partial charge in [0, 0.05) is 12.4 Å². The lowest BCUT2D eigenvalue weighted by Gasteiger charge is -2.10. The van der Waals surface area contributed by atoms with Crippen LogP contribution < -0.4 is 5.32 Å². The lowest BCUT2D eigenvalue weighted by atomic mass is 10.1. The Balaban J connectivity index is 2.72. The molecule has 1 unspecified atom stereocenters. The molecule has 0 saturated carbocycles. The first-order valence-electron chi connectivity index (χ1n) is 4.13. The fourth-order valence-electron chi connectivity index (χ4n) is 1.12. The number of aliphatic carboxylic acids is 1. The van der Waals surface area contributed by atoms with Gasteiger partial charge in [-0.2, -0.15) is 0 Å². The zero-order valence-electron chi connectivity index (χ0n) is 7.70. The van der Waals surface area contributed by atoms with E-state index in [9.17, 15) is 4.79 Å². The summed E-state index contributed by atoms with van der Waals surface area (Å²) in [4.78, 5) is 14.6. The highest BCUT2D eigenvalue weighted by atomic mass is 35.5. The average molecular weight is 215 g/mol. The van der Waals surface area contributed by atoms with Crippen molar-refractivity contribution < 1.29 is 9.90 Å². The molecule has 1 aromatic rings. The molecule has 0 fully saturated rings. The van der Waals surface area contributed by atoms with Gasteiger partial charge < -0.3 is 10.4 Å². The minimum atomic E-state index is -0.882. The molecule has 1 heterocycles. The second-order valence-electron chi connectivity index (χ2n) is 2.90. The third-order valence-corrected chi connectivity index (χ3v) is 2.05. The molecule has 0 bridgehead atoms. The summed E-state index contributed by atoms with van der Waals surface area (Å²) in [6.45, 7) is 0. The van der Waals surface area contributed by atoms with Crippen LogP contribution in [0.2, 0.25) is 5.02 Å². The number of nitrogens with zero attached hydrogens (tertiary/aromatic N) is 1. The van der Waals surface area contributed by atoms with Crippen LogP contribution in [0.5, 0.6) is 0 Å². The van der Waals surface area contributed by atoms with E-state index in [0.29, 0.717) is 11.4 Å². The van der Waals surface area contributed by atoms with E-state index in [2.05, 4.69) is 10.3 Å². The molecule has 14 heavy (non-hydrogen) atoms. The largest absolute Gasteiger partial charge is 0.480 e. The summed E-state index contributed by atoms with van der Waals surface area (Å²) in [5.41, 5.74) is 0.805. The molecular formula is C9H11ClN2O2. The Morgan fingerprint density at radius 2 is 2.43 bits per heavy atom. The van der Waals surface area contributed by atoms with Crippen molar-refractivity contribution in [3.05, 3.63) is 29.0 Å². The minimum Gasteiger partial charge on any atom is -0.480 e. The van der Waals surface area contributed by atoms with E-state index in [1.165, 1.54) is 6.20 Å². The number of likely N-dealkylation sites (N-methyl/N-ethyl adjacent to an activating group) is 1. The zero-order chi connectivity index (χ0) is 10.6. The maximum Gasteiger partial charge on any atom is 0.321 e. The van der Waals surface area contributed by atoms with Crippen LogP contribution in [0, 0.1) is 0 Å². The van der Waals surface area contributed by atoms with Gasteiger partial charge in [-0.3, -0.25) is 9.78 Å². The zero-order valence-corrected chi connectivity index (χ0v) is 8.45. The van der Waals surface area contributed by atoms with E-state index >= 15 is 0 Å². The van der Waals surface area contributed by atoms with Crippen molar-refractivity contribution in [1.29, 1.82) is 0 Å². The van der Waals surface area contributed by atoms with Gasteiger partial charge in [-0.15, -0.1) is 0 Å². The molecule has 2 N–H and O–H groups in total. The molecule has 0 aliphatic heterocycles. The van der Waals surface area contributed by atoms with Crippen molar-refractivity contribution in [2.75, 3.05) is 7.05 Å². The van der Waals surface area contributed by atoms with Crippen LogP contribution in [0.4, 0.5) is 0 Å². The Labute approximate surface area is 86.9 Å². The first kappa shape index (κ1) is 10.9. The van der Waals surface area contributed by atoms with Gasteiger partial charge >= 0.3 is 5.97 Å². The summed E-state index contributed by atoms with van der Waals surface area (Å²) >= 11 is 5.72. The molecular weight excluding hydrogens is 204 g/mol. The number of hydrogen-bond acceptors (Lipinski definition) is 3. The van der Waals surface area contributed by atoms with Crippen molar-refractivity contribution in [3.63, 3.8) is 0 Å². The average Bonchev–Trinajstić information content (AvgIpc) is 2.14. The van der Waals surface area contributed by atoms with Crippen LogP contribution in [0.15, 0.2) is 18.5 Å². The first-order chi connectivity index (χ1) is 6.63. The molecule has 5 heteroatoms. The predicted molar refractivity (Wildman–Crippen MR) is 53.4 cm³/mol. The number of carboxylic acids is 1. The summed E-state index contributed by atoms with van der Waals surface area (Å²) in [7, 11) is 1.61. The van der Waals surface area contributed by atoms with E-state index in [0.717, 1.165) is 5.56 Å². The van der Waals surface area contributed by atoms with E-state index in [4.69, 9.17) is 16.7 Å². The third-order valence-electron chi connectivity index (χ3n) is 1.85. The van der Waals surface area contributed by atoms with Crippen molar-refractivity contribution >= 4 is 17.6 Å². The van der Waals surface area contributed by atoms with E-state index in [1.54, 1.807) is 19.3 Å². The Hall–Kier alpha value is -1.13. The maximum absolute atomic E-state index is 10.7. The number of carboxylic acid groups (broad SMARTS) is 1. The van der Waals surface area contributed by atoms with Crippen LogP contribution in [0.3, 0.4) is 0 Å². The highest BCUT2D eigenvalue weighted by Gasteiger charge is 2.15. The molecule has 4 nitrogen and oxygen atoms in total. The fraction of sp³-hybridized carbons (Fsp3) is 0.333. The van der Waals surface area contributed by atoms with Crippen molar-refractivity contribution in [2.24, 2.45) is 0 Å². The molecule has 0 radical (unpaired) electrons. The van der Waals surface area contributed by atoms with Crippen LogP contribution in [0.1, 0.15) is 5.56 Å². The third kappa shape index (κ3) is 2.97. The van der Waals surface area contributed by atoms with Gasteiger partial charge in [-0.25, -0.2) is 0 Å². The lowest BCUT2D eigenvalue weighted by molar-refractivity contribution is -0.139.